The van der Waals surface area contributed by atoms with Crippen LogP contribution in [0.15, 0.2) is 46.2 Å². The number of likely N-dealkylation sites (tertiary alicyclic amines) is 1. The Kier molecular flexibility index (Phi) is 5.36. The number of fused-ring (bicyclic) bond motifs is 1. The minimum absolute atomic E-state index is 0.00973. The van der Waals surface area contributed by atoms with Crippen molar-refractivity contribution < 1.29 is 9.53 Å². The molecule has 1 N–H and O–H groups in total. The standard InChI is InChI=1S/C24H28N4O4/c1-26-22(29)19(15-25-24(26)31)23(30)27-12-9-17(10-13-27)32-21-8-4-7-20-18(21)11-14-28(20)16-5-2-3-6-16/h4,7-8,11,14-17H,2-3,5-6,9-10,12-13H2,1H3,(H,25,31). The van der Waals surface area contributed by atoms with Gasteiger partial charge in [0, 0.05) is 56.8 Å². The summed E-state index contributed by atoms with van der Waals surface area (Å²) in [5.41, 5.74) is 0.102. The lowest BCUT2D eigenvalue weighted by Gasteiger charge is -2.32. The van der Waals surface area contributed by atoms with Gasteiger partial charge in [-0.15, -0.1) is 0 Å². The summed E-state index contributed by atoms with van der Waals surface area (Å²) in [7, 11) is 1.36. The van der Waals surface area contributed by atoms with Crippen LogP contribution in [0.25, 0.3) is 10.9 Å². The molecule has 0 radical (unpaired) electrons. The first kappa shape index (κ1) is 20.6. The van der Waals surface area contributed by atoms with Crippen LogP contribution in [0.4, 0.5) is 0 Å². The Morgan fingerprint density at radius 3 is 2.56 bits per heavy atom. The summed E-state index contributed by atoms with van der Waals surface area (Å²) in [6.07, 6.45) is 9.85. The average Bonchev–Trinajstić information content (AvgIpc) is 3.48. The van der Waals surface area contributed by atoms with Crippen LogP contribution in [0.5, 0.6) is 5.75 Å². The van der Waals surface area contributed by atoms with E-state index < -0.39 is 11.2 Å². The van der Waals surface area contributed by atoms with Gasteiger partial charge in [-0.1, -0.05) is 18.9 Å². The topological polar surface area (TPSA) is 89.3 Å². The third kappa shape index (κ3) is 3.63. The van der Waals surface area contributed by atoms with Gasteiger partial charge in [0.25, 0.3) is 11.5 Å². The number of aromatic nitrogens is 3. The Morgan fingerprint density at radius 2 is 1.81 bits per heavy atom. The van der Waals surface area contributed by atoms with Crippen LogP contribution in [-0.4, -0.2) is 44.1 Å². The molecule has 1 aromatic carbocycles. The van der Waals surface area contributed by atoms with Crippen molar-refractivity contribution in [2.75, 3.05) is 13.1 Å². The lowest BCUT2D eigenvalue weighted by Crippen LogP contribution is -2.45. The summed E-state index contributed by atoms with van der Waals surface area (Å²) >= 11 is 0. The van der Waals surface area contributed by atoms with Crippen LogP contribution in [0.2, 0.25) is 0 Å². The van der Waals surface area contributed by atoms with Gasteiger partial charge in [0.05, 0.1) is 5.52 Å². The van der Waals surface area contributed by atoms with Crippen LogP contribution in [-0.2, 0) is 7.05 Å². The molecule has 1 saturated carbocycles. The maximum absolute atomic E-state index is 12.8. The van der Waals surface area contributed by atoms with E-state index in [0.29, 0.717) is 32.0 Å². The first-order valence-corrected chi connectivity index (χ1v) is 11.4. The second-order valence-corrected chi connectivity index (χ2v) is 8.83. The second kappa shape index (κ2) is 8.33. The predicted molar refractivity (Wildman–Crippen MR) is 121 cm³/mol. The second-order valence-electron chi connectivity index (χ2n) is 8.83. The Balaban J connectivity index is 1.27. The molecule has 2 aliphatic rings. The Morgan fingerprint density at radius 1 is 1.06 bits per heavy atom. The molecule has 0 unspecified atom stereocenters. The molecule has 1 amide bonds. The van der Waals surface area contributed by atoms with Gasteiger partial charge >= 0.3 is 5.69 Å². The van der Waals surface area contributed by atoms with Crippen molar-refractivity contribution in [3.8, 4) is 5.75 Å². The highest BCUT2D eigenvalue weighted by Gasteiger charge is 2.27. The lowest BCUT2D eigenvalue weighted by atomic mass is 10.1. The SMILES string of the molecule is Cn1c(=O)[nH]cc(C(=O)N2CCC(Oc3cccc4c3ccn4C3CCCC3)CC2)c1=O. The van der Waals surface area contributed by atoms with Crippen LogP contribution < -0.4 is 16.0 Å². The Hall–Kier alpha value is -3.29. The summed E-state index contributed by atoms with van der Waals surface area (Å²) in [6, 6.07) is 8.95. The molecule has 8 heteroatoms. The summed E-state index contributed by atoms with van der Waals surface area (Å²) in [5, 5.41) is 1.13. The molecule has 0 atom stereocenters. The minimum Gasteiger partial charge on any atom is -0.490 e. The summed E-state index contributed by atoms with van der Waals surface area (Å²) in [5.74, 6) is 0.537. The highest BCUT2D eigenvalue weighted by molar-refractivity contribution is 5.93. The third-order valence-corrected chi connectivity index (χ3v) is 6.87. The van der Waals surface area contributed by atoms with Gasteiger partial charge in [-0.3, -0.25) is 14.2 Å². The van der Waals surface area contributed by atoms with Crippen molar-refractivity contribution in [1.29, 1.82) is 0 Å². The number of aromatic amines is 1. The zero-order valence-electron chi connectivity index (χ0n) is 18.3. The number of H-pyrrole nitrogens is 1. The molecule has 8 nitrogen and oxygen atoms in total. The third-order valence-electron chi connectivity index (χ3n) is 6.87. The molecule has 2 aromatic heterocycles. The number of nitrogens with one attached hydrogen (secondary N) is 1. The van der Waals surface area contributed by atoms with Crippen molar-refractivity contribution in [2.45, 2.75) is 50.7 Å². The fraction of sp³-hybridized carbons (Fsp3) is 0.458. The Bertz CT molecular complexity index is 1260. The number of rotatable bonds is 4. The van der Waals surface area contributed by atoms with Crippen LogP contribution in [0.1, 0.15) is 54.9 Å². The average molecular weight is 437 g/mol. The van der Waals surface area contributed by atoms with Crippen LogP contribution in [0.3, 0.4) is 0 Å². The summed E-state index contributed by atoms with van der Waals surface area (Å²) < 4.78 is 9.68. The van der Waals surface area contributed by atoms with Gasteiger partial charge < -0.3 is 19.2 Å². The minimum atomic E-state index is -0.574. The van der Waals surface area contributed by atoms with E-state index in [4.69, 9.17) is 4.74 Å². The molecule has 1 saturated heterocycles. The number of hydrogen-bond acceptors (Lipinski definition) is 4. The number of amides is 1. The van der Waals surface area contributed by atoms with Crippen LogP contribution >= 0.6 is 0 Å². The van der Waals surface area contributed by atoms with Crippen molar-refractivity contribution >= 4 is 16.8 Å². The molecule has 2 fully saturated rings. The number of carbonyl (C=O) groups is 1. The molecule has 3 aromatic rings. The van der Waals surface area contributed by atoms with E-state index >= 15 is 0 Å². The van der Waals surface area contributed by atoms with E-state index in [0.717, 1.165) is 15.7 Å². The number of ether oxygens (including phenoxy) is 1. The van der Waals surface area contributed by atoms with E-state index in [2.05, 4.69) is 27.9 Å². The van der Waals surface area contributed by atoms with E-state index in [1.807, 2.05) is 12.1 Å². The molecule has 0 bridgehead atoms. The lowest BCUT2D eigenvalue weighted by molar-refractivity contribution is 0.0595. The summed E-state index contributed by atoms with van der Waals surface area (Å²) in [4.78, 5) is 40.7. The highest BCUT2D eigenvalue weighted by Crippen LogP contribution is 2.36. The fourth-order valence-corrected chi connectivity index (χ4v) is 5.01. The van der Waals surface area contributed by atoms with E-state index in [1.165, 1.54) is 44.4 Å². The molecule has 1 aliphatic carbocycles. The Labute approximate surface area is 185 Å². The smallest absolute Gasteiger partial charge is 0.328 e. The number of nitrogens with zero attached hydrogens (tertiary/aromatic N) is 3. The summed E-state index contributed by atoms with van der Waals surface area (Å²) in [6.45, 7) is 1.01. The quantitative estimate of drug-likeness (QED) is 0.681. The van der Waals surface area contributed by atoms with E-state index in [1.54, 1.807) is 4.90 Å². The van der Waals surface area contributed by atoms with Gasteiger partial charge in [-0.25, -0.2) is 4.79 Å². The zero-order chi connectivity index (χ0) is 22.2. The van der Waals surface area contributed by atoms with Gasteiger partial charge in [-0.2, -0.15) is 0 Å². The molecule has 0 spiro atoms. The number of hydrogen-bond donors (Lipinski definition) is 1. The van der Waals surface area contributed by atoms with Gasteiger partial charge in [0.2, 0.25) is 0 Å². The predicted octanol–water partition coefficient (Wildman–Crippen LogP) is 2.83. The first-order chi connectivity index (χ1) is 15.5. The fourth-order valence-electron chi connectivity index (χ4n) is 5.01. The van der Waals surface area contributed by atoms with Gasteiger partial charge in [0.1, 0.15) is 17.4 Å². The van der Waals surface area contributed by atoms with E-state index in [9.17, 15) is 14.4 Å². The maximum Gasteiger partial charge on any atom is 0.328 e. The van der Waals surface area contributed by atoms with Gasteiger partial charge in [0.15, 0.2) is 0 Å². The molecule has 3 heterocycles. The largest absolute Gasteiger partial charge is 0.490 e. The molecule has 1 aliphatic heterocycles. The van der Waals surface area contributed by atoms with Crippen molar-refractivity contribution in [2.24, 2.45) is 7.05 Å². The normalized spacial score (nSPS) is 17.8. The van der Waals surface area contributed by atoms with Crippen molar-refractivity contribution in [3.63, 3.8) is 0 Å². The van der Waals surface area contributed by atoms with E-state index in [-0.39, 0.29) is 17.6 Å². The molecule has 5 rings (SSSR count). The first-order valence-electron chi connectivity index (χ1n) is 11.4. The van der Waals surface area contributed by atoms with Crippen LogP contribution in [0, 0.1) is 0 Å². The molecule has 32 heavy (non-hydrogen) atoms. The molecule has 168 valence electrons. The zero-order valence-corrected chi connectivity index (χ0v) is 18.3. The highest BCUT2D eigenvalue weighted by atomic mass is 16.5. The van der Waals surface area contributed by atoms with Crippen molar-refractivity contribution in [1.82, 2.24) is 19.0 Å². The number of piperidine rings is 1. The van der Waals surface area contributed by atoms with Crippen molar-refractivity contribution in [3.05, 3.63) is 63.1 Å². The monoisotopic (exact) mass is 436 g/mol. The number of carbonyl (C=O) groups excluding carboxylic acids is 1. The number of benzene rings is 1. The molecular formula is C24H28N4O4. The maximum atomic E-state index is 12.8. The van der Waals surface area contributed by atoms with Gasteiger partial charge in [-0.05, 0) is 31.0 Å². The molecular weight excluding hydrogens is 408 g/mol.